The summed E-state index contributed by atoms with van der Waals surface area (Å²) in [7, 11) is 0. The highest BCUT2D eigenvalue weighted by atomic mass is 16.3. The topological polar surface area (TPSA) is 63.8 Å². The van der Waals surface area contributed by atoms with Crippen LogP contribution in [0.3, 0.4) is 0 Å². The van der Waals surface area contributed by atoms with E-state index < -0.39 is 0 Å². The van der Waals surface area contributed by atoms with Crippen LogP contribution in [-0.4, -0.2) is 24.6 Å². The average Bonchev–Trinajstić information content (AvgIpc) is 3.62. The monoisotopic (exact) mass is 696 g/mol. The van der Waals surface area contributed by atoms with E-state index in [0.29, 0.717) is 11.4 Å². The summed E-state index contributed by atoms with van der Waals surface area (Å²) >= 11 is 0. The Morgan fingerprint density at radius 3 is 1.80 bits per heavy atom. The summed E-state index contributed by atoms with van der Waals surface area (Å²) in [4.78, 5) is 14.6. The second-order valence-electron chi connectivity index (χ2n) is 13.6. The van der Waals surface area contributed by atoms with Crippen molar-refractivity contribution in [3.05, 3.63) is 187 Å². The molecule has 0 aliphatic rings. The first-order chi connectivity index (χ1) is 26.5. The smallest absolute Gasteiger partial charge is 0.149 e. The highest BCUT2D eigenvalue weighted by molar-refractivity contribution is 5.97. The third kappa shape index (κ3) is 6.12. The van der Waals surface area contributed by atoms with Crippen LogP contribution in [0.4, 0.5) is 0 Å². The second-order valence-corrected chi connectivity index (χ2v) is 13.6. The van der Waals surface area contributed by atoms with Crippen LogP contribution in [0.5, 0.6) is 5.75 Å². The van der Waals surface area contributed by atoms with Crippen molar-refractivity contribution >= 4 is 11.0 Å². The molecule has 0 bridgehead atoms. The fourth-order valence-corrected chi connectivity index (χ4v) is 7.28. The molecule has 9 rings (SSSR count). The summed E-state index contributed by atoms with van der Waals surface area (Å²) in [5.74, 6) is 0.730. The molecule has 5 nitrogen and oxygen atoms in total. The molecule has 0 saturated carbocycles. The predicted octanol–water partition coefficient (Wildman–Crippen LogP) is 12.1. The first kappa shape index (κ1) is 32.8. The first-order valence-electron chi connectivity index (χ1n) is 18.1. The van der Waals surface area contributed by atoms with E-state index in [0.717, 1.165) is 72.6 Å². The molecule has 1 N–H and O–H groups in total. The van der Waals surface area contributed by atoms with Gasteiger partial charge in [0.2, 0.25) is 0 Å². The number of imidazole rings is 1. The Kier molecular flexibility index (Phi) is 8.37. The largest absolute Gasteiger partial charge is 0.506 e. The van der Waals surface area contributed by atoms with Crippen LogP contribution in [-0.2, 0) is 0 Å². The first-order valence-corrected chi connectivity index (χ1v) is 18.1. The Hall–Kier alpha value is -7.11. The lowest BCUT2D eigenvalue weighted by molar-refractivity contribution is 0.474. The Morgan fingerprint density at radius 1 is 0.463 bits per heavy atom. The highest BCUT2D eigenvalue weighted by Gasteiger charge is 2.21. The fourth-order valence-electron chi connectivity index (χ4n) is 7.28. The number of pyridine rings is 2. The van der Waals surface area contributed by atoms with E-state index in [9.17, 15) is 5.11 Å². The van der Waals surface area contributed by atoms with E-state index >= 15 is 0 Å². The van der Waals surface area contributed by atoms with Gasteiger partial charge in [-0.25, -0.2) is 4.98 Å². The van der Waals surface area contributed by atoms with Crippen LogP contribution in [0.2, 0.25) is 0 Å². The summed E-state index contributed by atoms with van der Waals surface area (Å²) < 4.78 is 2.12. The van der Waals surface area contributed by atoms with Crippen molar-refractivity contribution in [3.63, 3.8) is 0 Å². The molecule has 6 aromatic carbocycles. The van der Waals surface area contributed by atoms with Crippen LogP contribution in [0.1, 0.15) is 11.3 Å². The van der Waals surface area contributed by atoms with Gasteiger partial charge in [-0.1, -0.05) is 115 Å². The predicted molar refractivity (Wildman–Crippen MR) is 220 cm³/mol. The van der Waals surface area contributed by atoms with Crippen LogP contribution in [0.25, 0.3) is 83.9 Å². The highest BCUT2D eigenvalue weighted by Crippen LogP contribution is 2.40. The second kappa shape index (κ2) is 13.8. The van der Waals surface area contributed by atoms with Gasteiger partial charge in [0.15, 0.2) is 0 Å². The minimum absolute atomic E-state index is 0.0824. The van der Waals surface area contributed by atoms with E-state index in [4.69, 9.17) is 9.97 Å². The molecule has 9 aromatic rings. The number of rotatable bonds is 7. The fraction of sp³-hybridized carbons (Fsp3) is 0.0408. The number of aromatic hydroxyl groups is 1. The Labute approximate surface area is 314 Å². The van der Waals surface area contributed by atoms with Crippen molar-refractivity contribution in [1.29, 1.82) is 0 Å². The zero-order valence-corrected chi connectivity index (χ0v) is 30.0. The van der Waals surface area contributed by atoms with Gasteiger partial charge in [-0.05, 0) is 107 Å². The number of hydrogen-bond donors (Lipinski definition) is 1. The summed E-state index contributed by atoms with van der Waals surface area (Å²) in [6, 6.07) is 56.9. The summed E-state index contributed by atoms with van der Waals surface area (Å²) in [6.45, 7) is 4.04. The number of benzene rings is 6. The van der Waals surface area contributed by atoms with Crippen LogP contribution >= 0.6 is 0 Å². The van der Waals surface area contributed by atoms with Crippen molar-refractivity contribution in [1.82, 2.24) is 19.5 Å². The zero-order valence-electron chi connectivity index (χ0n) is 30.0. The maximum Gasteiger partial charge on any atom is 0.149 e. The lowest BCUT2D eigenvalue weighted by Crippen LogP contribution is -1.98. The lowest BCUT2D eigenvalue weighted by atomic mass is 9.93. The average molecular weight is 697 g/mol. The third-order valence-electron chi connectivity index (χ3n) is 10.0. The van der Waals surface area contributed by atoms with Gasteiger partial charge < -0.3 is 5.11 Å². The zero-order chi connectivity index (χ0) is 36.6. The minimum atomic E-state index is 0.0824. The molecule has 0 unspecified atom stereocenters. The van der Waals surface area contributed by atoms with E-state index in [-0.39, 0.29) is 5.75 Å². The number of aryl methyl sites for hydroxylation is 2. The number of para-hydroxylation sites is 2. The van der Waals surface area contributed by atoms with Gasteiger partial charge in [0.1, 0.15) is 11.6 Å². The quantitative estimate of drug-likeness (QED) is 0.180. The molecule has 0 spiro atoms. The molecule has 0 aliphatic carbocycles. The molecule has 0 amide bonds. The molecule has 0 radical (unpaired) electrons. The van der Waals surface area contributed by atoms with Crippen LogP contribution < -0.4 is 0 Å². The van der Waals surface area contributed by atoms with Gasteiger partial charge in [0.05, 0.1) is 28.5 Å². The SMILES string of the molecule is Cc1cc(-c2nc3c(-c4cc(-c5ccccc5)cc(-c5cc(-c6ccc(-c7ccccc7)cc6)c(C)cn5)c4)cccc3n2-c2ccccc2)c(O)cn1. The lowest BCUT2D eigenvalue weighted by Gasteiger charge is -2.14. The number of nitrogens with zero attached hydrogens (tertiary/aromatic N) is 4. The van der Waals surface area contributed by atoms with Crippen LogP contribution in [0, 0.1) is 13.8 Å². The van der Waals surface area contributed by atoms with Crippen LogP contribution in [0.15, 0.2) is 176 Å². The maximum absolute atomic E-state index is 11.1. The molecule has 5 heteroatoms. The van der Waals surface area contributed by atoms with Gasteiger partial charge in [-0.15, -0.1) is 0 Å². The maximum atomic E-state index is 11.1. The van der Waals surface area contributed by atoms with Gasteiger partial charge in [0, 0.05) is 28.7 Å². The molecule has 3 aromatic heterocycles. The van der Waals surface area contributed by atoms with Crippen molar-refractivity contribution < 1.29 is 5.11 Å². The number of fused-ring (bicyclic) bond motifs is 1. The summed E-state index contributed by atoms with van der Waals surface area (Å²) in [5.41, 5.74) is 16.0. The van der Waals surface area contributed by atoms with Crippen molar-refractivity contribution in [2.24, 2.45) is 0 Å². The van der Waals surface area contributed by atoms with Gasteiger partial charge in [0.25, 0.3) is 0 Å². The van der Waals surface area contributed by atoms with Crippen molar-refractivity contribution in [2.45, 2.75) is 13.8 Å². The number of hydrogen-bond acceptors (Lipinski definition) is 4. The molecule has 0 saturated heterocycles. The summed E-state index contributed by atoms with van der Waals surface area (Å²) in [5, 5.41) is 11.1. The molecular weight excluding hydrogens is 661 g/mol. The molecule has 0 atom stereocenters. The van der Waals surface area contributed by atoms with Gasteiger partial charge >= 0.3 is 0 Å². The van der Waals surface area contributed by atoms with E-state index in [1.165, 1.54) is 17.3 Å². The van der Waals surface area contributed by atoms with E-state index in [2.05, 4.69) is 144 Å². The Balaban J connectivity index is 1.22. The van der Waals surface area contributed by atoms with E-state index in [1.807, 2.05) is 49.5 Å². The van der Waals surface area contributed by atoms with Crippen molar-refractivity contribution in [2.75, 3.05) is 0 Å². The Morgan fingerprint density at radius 2 is 1.07 bits per heavy atom. The van der Waals surface area contributed by atoms with Crippen molar-refractivity contribution in [3.8, 4) is 78.6 Å². The third-order valence-corrected chi connectivity index (χ3v) is 10.0. The standard InChI is InChI=1S/C49H36N4O/c1-32-30-51-45(29-43(32)37-23-21-36(22-24-37)34-13-6-3-7-14-34)40-27-38(35-15-8-4-9-16-35)26-39(28-40)42-19-12-20-46-48(42)52-49(44-25-33(2)50-31-47(44)54)53(46)41-17-10-5-11-18-41/h3-31,54H,1-2H3. The number of aromatic nitrogens is 4. The Bertz CT molecular complexity index is 2770. The normalized spacial score (nSPS) is 11.2. The molecule has 0 fully saturated rings. The molecule has 3 heterocycles. The van der Waals surface area contributed by atoms with Gasteiger partial charge in [-0.3, -0.25) is 14.5 Å². The minimum Gasteiger partial charge on any atom is -0.506 e. The molecule has 54 heavy (non-hydrogen) atoms. The van der Waals surface area contributed by atoms with Gasteiger partial charge in [-0.2, -0.15) is 0 Å². The van der Waals surface area contributed by atoms with E-state index in [1.54, 1.807) is 0 Å². The molecule has 258 valence electrons. The summed E-state index contributed by atoms with van der Waals surface area (Å²) in [6.07, 6.45) is 3.47. The molecular formula is C49H36N4O. The molecule has 0 aliphatic heterocycles.